The number of aryl methyl sites for hydroxylation is 1. The van der Waals surface area contributed by atoms with Crippen molar-refractivity contribution in [3.63, 3.8) is 0 Å². The highest BCUT2D eigenvalue weighted by atomic mass is 35.5. The van der Waals surface area contributed by atoms with Crippen LogP contribution in [0.15, 0.2) is 18.3 Å². The lowest BCUT2D eigenvalue weighted by atomic mass is 10.1. The van der Waals surface area contributed by atoms with E-state index >= 15 is 0 Å². The summed E-state index contributed by atoms with van der Waals surface area (Å²) in [7, 11) is 4.40. The normalized spacial score (nSPS) is 13.9. The second-order valence-electron chi connectivity index (χ2n) is 5.99. The molecule has 0 atom stereocenters. The van der Waals surface area contributed by atoms with Gasteiger partial charge in [-0.15, -0.1) is 0 Å². The number of anilines is 1. The summed E-state index contributed by atoms with van der Waals surface area (Å²) in [5.41, 5.74) is 0.614. The number of nitrogens with one attached hydrogen (secondary N) is 1. The van der Waals surface area contributed by atoms with Gasteiger partial charge in [0.2, 0.25) is 0 Å². The Kier molecular flexibility index (Phi) is 5.22. The lowest BCUT2D eigenvalue weighted by Gasteiger charge is -2.34. The number of hydrogen-bond acceptors (Lipinski definition) is 5. The molecule has 1 saturated heterocycles. The molecule has 1 aliphatic rings. The molecule has 0 saturated carbocycles. The number of hydrogen-bond donors (Lipinski definition) is 1. The average molecular weight is 397 g/mol. The molecule has 1 N–H and O–H groups in total. The molecule has 27 heavy (non-hydrogen) atoms. The van der Waals surface area contributed by atoms with Crippen LogP contribution in [0.25, 0.3) is 0 Å². The van der Waals surface area contributed by atoms with Gasteiger partial charge in [-0.2, -0.15) is 5.10 Å². The van der Waals surface area contributed by atoms with E-state index in [0.717, 1.165) is 0 Å². The highest BCUT2D eigenvalue weighted by molar-refractivity contribution is 6.34. The Morgan fingerprint density at radius 1 is 1.30 bits per heavy atom. The number of nitrogens with zero attached hydrogens (tertiary/aromatic N) is 3. The number of aromatic nitrogens is 2. The molecule has 1 aromatic carbocycles. The van der Waals surface area contributed by atoms with Gasteiger partial charge >= 0.3 is 0 Å². The number of likely N-dealkylation sites (tertiary alicyclic amines) is 1. The second kappa shape index (κ2) is 7.43. The van der Waals surface area contributed by atoms with Crippen LogP contribution in [0.2, 0.25) is 5.02 Å². The number of rotatable bonds is 5. The first kappa shape index (κ1) is 19.0. The Balaban J connectivity index is 1.96. The molecule has 2 amide bonds. The van der Waals surface area contributed by atoms with Gasteiger partial charge in [0.1, 0.15) is 11.9 Å². The SMILES string of the molecule is COc1cc(C(=O)N2CC(F)C2)cc(NC(=O)c2c(Cl)cnn2C)c1OC. The van der Waals surface area contributed by atoms with E-state index in [9.17, 15) is 14.0 Å². The van der Waals surface area contributed by atoms with E-state index in [0.29, 0.717) is 0 Å². The van der Waals surface area contributed by atoms with E-state index in [-0.39, 0.29) is 52.5 Å². The van der Waals surface area contributed by atoms with Gasteiger partial charge in [-0.25, -0.2) is 4.39 Å². The number of amides is 2. The van der Waals surface area contributed by atoms with Crippen LogP contribution in [-0.2, 0) is 7.05 Å². The molecule has 0 unspecified atom stereocenters. The molecule has 1 fully saturated rings. The van der Waals surface area contributed by atoms with Crippen molar-refractivity contribution in [3.8, 4) is 11.5 Å². The first-order valence-corrected chi connectivity index (χ1v) is 8.41. The van der Waals surface area contributed by atoms with E-state index < -0.39 is 12.1 Å². The van der Waals surface area contributed by atoms with Crippen molar-refractivity contribution >= 4 is 29.1 Å². The Morgan fingerprint density at radius 2 is 2.00 bits per heavy atom. The minimum atomic E-state index is -1.01. The van der Waals surface area contributed by atoms with Gasteiger partial charge < -0.3 is 19.7 Å². The van der Waals surface area contributed by atoms with Crippen molar-refractivity contribution < 1.29 is 23.5 Å². The Hall–Kier alpha value is -2.81. The van der Waals surface area contributed by atoms with Gasteiger partial charge in [0, 0.05) is 12.6 Å². The maximum absolute atomic E-state index is 13.1. The molecule has 2 aromatic rings. The molecule has 2 heterocycles. The molecular weight excluding hydrogens is 379 g/mol. The summed E-state index contributed by atoms with van der Waals surface area (Å²) in [5, 5.41) is 6.77. The van der Waals surface area contributed by atoms with Crippen LogP contribution >= 0.6 is 11.6 Å². The zero-order chi connectivity index (χ0) is 19.7. The lowest BCUT2D eigenvalue weighted by molar-refractivity contribution is 0.0400. The quantitative estimate of drug-likeness (QED) is 0.836. The summed E-state index contributed by atoms with van der Waals surface area (Å²) in [5.74, 6) is -0.392. The monoisotopic (exact) mass is 396 g/mol. The molecule has 10 heteroatoms. The Labute approximate surface area is 159 Å². The van der Waals surface area contributed by atoms with Crippen molar-refractivity contribution in [1.29, 1.82) is 0 Å². The zero-order valence-electron chi connectivity index (χ0n) is 15.0. The molecular formula is C17H18ClFN4O4. The number of benzene rings is 1. The largest absolute Gasteiger partial charge is 0.493 e. The third-order valence-corrected chi connectivity index (χ3v) is 4.48. The van der Waals surface area contributed by atoms with Gasteiger partial charge in [0.15, 0.2) is 11.5 Å². The van der Waals surface area contributed by atoms with Gasteiger partial charge in [-0.05, 0) is 12.1 Å². The van der Waals surface area contributed by atoms with Crippen molar-refractivity contribution in [1.82, 2.24) is 14.7 Å². The molecule has 0 spiro atoms. The third-order valence-electron chi connectivity index (χ3n) is 4.21. The van der Waals surface area contributed by atoms with Crippen LogP contribution in [-0.4, -0.2) is 60.0 Å². The summed E-state index contributed by atoms with van der Waals surface area (Å²) in [6.45, 7) is 0.0823. The maximum Gasteiger partial charge on any atom is 0.275 e. The van der Waals surface area contributed by atoms with E-state index in [1.807, 2.05) is 0 Å². The zero-order valence-corrected chi connectivity index (χ0v) is 15.7. The van der Waals surface area contributed by atoms with Gasteiger partial charge in [0.05, 0.1) is 44.2 Å². The first-order valence-electron chi connectivity index (χ1n) is 8.04. The smallest absolute Gasteiger partial charge is 0.275 e. The van der Waals surface area contributed by atoms with Gasteiger partial charge in [0.25, 0.3) is 11.8 Å². The fourth-order valence-electron chi connectivity index (χ4n) is 2.80. The molecule has 1 aliphatic heterocycles. The van der Waals surface area contributed by atoms with Gasteiger partial charge in [-0.3, -0.25) is 14.3 Å². The Bertz CT molecular complexity index is 876. The molecule has 3 rings (SSSR count). The minimum absolute atomic E-state index is 0.0412. The number of carbonyl (C=O) groups is 2. The first-order chi connectivity index (χ1) is 12.8. The summed E-state index contributed by atoms with van der Waals surface area (Å²) in [6.07, 6.45) is 0.339. The summed E-state index contributed by atoms with van der Waals surface area (Å²) >= 11 is 6.01. The van der Waals surface area contributed by atoms with Crippen LogP contribution in [0.3, 0.4) is 0 Å². The van der Waals surface area contributed by atoms with E-state index in [1.54, 1.807) is 7.05 Å². The average Bonchev–Trinajstić information content (AvgIpc) is 2.96. The molecule has 0 bridgehead atoms. The third kappa shape index (κ3) is 3.55. The van der Waals surface area contributed by atoms with Crippen molar-refractivity contribution in [2.45, 2.75) is 6.17 Å². The van der Waals surface area contributed by atoms with E-state index in [4.69, 9.17) is 21.1 Å². The van der Waals surface area contributed by atoms with Crippen LogP contribution in [0, 0.1) is 0 Å². The Morgan fingerprint density at radius 3 is 2.52 bits per heavy atom. The molecule has 144 valence electrons. The number of alkyl halides is 1. The predicted molar refractivity (Wildman–Crippen MR) is 96.5 cm³/mol. The number of carbonyl (C=O) groups excluding carboxylic acids is 2. The highest BCUT2D eigenvalue weighted by Gasteiger charge is 2.32. The fourth-order valence-corrected chi connectivity index (χ4v) is 3.05. The molecule has 0 radical (unpaired) electrons. The lowest BCUT2D eigenvalue weighted by Crippen LogP contribution is -2.51. The minimum Gasteiger partial charge on any atom is -0.493 e. The van der Waals surface area contributed by atoms with Crippen molar-refractivity contribution in [2.24, 2.45) is 7.05 Å². The topological polar surface area (TPSA) is 85.7 Å². The number of halogens is 2. The van der Waals surface area contributed by atoms with Crippen LogP contribution in [0.1, 0.15) is 20.8 Å². The van der Waals surface area contributed by atoms with E-state index in [1.165, 1.54) is 42.1 Å². The second-order valence-corrected chi connectivity index (χ2v) is 6.39. The van der Waals surface area contributed by atoms with Crippen molar-refractivity contribution in [3.05, 3.63) is 34.6 Å². The van der Waals surface area contributed by atoms with Crippen LogP contribution in [0.5, 0.6) is 11.5 Å². The van der Waals surface area contributed by atoms with E-state index in [2.05, 4.69) is 10.4 Å². The van der Waals surface area contributed by atoms with Crippen LogP contribution < -0.4 is 14.8 Å². The molecule has 0 aliphatic carbocycles. The van der Waals surface area contributed by atoms with Crippen molar-refractivity contribution in [2.75, 3.05) is 32.6 Å². The fraction of sp³-hybridized carbons (Fsp3) is 0.353. The van der Waals surface area contributed by atoms with Gasteiger partial charge in [-0.1, -0.05) is 11.6 Å². The summed E-state index contributed by atoms with van der Waals surface area (Å²) < 4.78 is 25.0. The maximum atomic E-state index is 13.1. The standard InChI is InChI=1S/C17H18ClFN4O4/c1-22-14(11(18)6-20-22)16(24)21-12-4-9(5-13(26-2)15(12)27-3)17(25)23-7-10(19)8-23/h4-6,10H,7-8H2,1-3H3,(H,21,24). The number of ether oxygens (including phenoxy) is 2. The predicted octanol–water partition coefficient (Wildman–Crippen LogP) is 2.14. The molecule has 1 aromatic heterocycles. The highest BCUT2D eigenvalue weighted by Crippen LogP contribution is 2.37. The summed E-state index contributed by atoms with van der Waals surface area (Å²) in [4.78, 5) is 26.5. The number of methoxy groups -OCH3 is 2. The summed E-state index contributed by atoms with van der Waals surface area (Å²) in [6, 6.07) is 2.94. The molecule has 8 nitrogen and oxygen atoms in total. The van der Waals surface area contributed by atoms with Crippen LogP contribution in [0.4, 0.5) is 10.1 Å².